The fourth-order valence-corrected chi connectivity index (χ4v) is 1.35. The number of rotatable bonds is 7. The lowest BCUT2D eigenvalue weighted by molar-refractivity contribution is 0.0626. The maximum Gasteiger partial charge on any atom is 0.0612 e. The SMILES string of the molecule is CCC(C)(C)CC(CC=CCO)OC. The fourth-order valence-electron chi connectivity index (χ4n) is 1.35. The van der Waals surface area contributed by atoms with Gasteiger partial charge in [0.25, 0.3) is 0 Å². The lowest BCUT2D eigenvalue weighted by atomic mass is 9.83. The third kappa shape index (κ3) is 6.17. The molecular weight excluding hydrogens is 176 g/mol. The Morgan fingerprint density at radius 2 is 2.00 bits per heavy atom. The minimum atomic E-state index is 0.119. The van der Waals surface area contributed by atoms with Crippen molar-refractivity contribution in [2.75, 3.05) is 13.7 Å². The Bertz CT molecular complexity index is 162. The first-order valence-electron chi connectivity index (χ1n) is 5.34. The van der Waals surface area contributed by atoms with Crippen LogP contribution in [0.25, 0.3) is 0 Å². The van der Waals surface area contributed by atoms with Gasteiger partial charge in [0.1, 0.15) is 0 Å². The van der Waals surface area contributed by atoms with E-state index in [1.807, 2.05) is 6.08 Å². The Morgan fingerprint density at radius 1 is 1.36 bits per heavy atom. The number of methoxy groups -OCH3 is 1. The number of aliphatic hydroxyl groups is 1. The fraction of sp³-hybridized carbons (Fsp3) is 0.833. The Hall–Kier alpha value is -0.340. The first kappa shape index (κ1) is 13.7. The summed E-state index contributed by atoms with van der Waals surface area (Å²) in [6, 6.07) is 0. The second kappa shape index (κ2) is 7.02. The van der Waals surface area contributed by atoms with Crippen LogP contribution in [0.3, 0.4) is 0 Å². The Kier molecular flexibility index (Phi) is 6.85. The van der Waals surface area contributed by atoms with Crippen LogP contribution in [0.2, 0.25) is 0 Å². The van der Waals surface area contributed by atoms with Crippen LogP contribution in [0.15, 0.2) is 12.2 Å². The van der Waals surface area contributed by atoms with E-state index in [9.17, 15) is 0 Å². The zero-order valence-electron chi connectivity index (χ0n) is 9.92. The molecule has 1 N–H and O–H groups in total. The predicted octanol–water partition coefficient (Wildman–Crippen LogP) is 2.77. The third-order valence-corrected chi connectivity index (χ3v) is 2.74. The van der Waals surface area contributed by atoms with E-state index in [1.54, 1.807) is 13.2 Å². The van der Waals surface area contributed by atoms with Crippen LogP contribution in [-0.4, -0.2) is 24.9 Å². The highest BCUT2D eigenvalue weighted by Gasteiger charge is 2.20. The van der Waals surface area contributed by atoms with E-state index in [1.165, 1.54) is 0 Å². The molecule has 0 aromatic heterocycles. The molecule has 1 atom stereocenters. The summed E-state index contributed by atoms with van der Waals surface area (Å²) in [6.07, 6.45) is 7.14. The zero-order chi connectivity index (χ0) is 11.0. The average molecular weight is 200 g/mol. The molecule has 2 heteroatoms. The molecule has 1 unspecified atom stereocenters. The lowest BCUT2D eigenvalue weighted by Gasteiger charge is -2.27. The van der Waals surface area contributed by atoms with Gasteiger partial charge in [0.15, 0.2) is 0 Å². The van der Waals surface area contributed by atoms with Crippen molar-refractivity contribution >= 4 is 0 Å². The monoisotopic (exact) mass is 200 g/mol. The molecular formula is C12H24O2. The molecule has 0 spiro atoms. The van der Waals surface area contributed by atoms with Crippen molar-refractivity contribution in [2.24, 2.45) is 5.41 Å². The van der Waals surface area contributed by atoms with Gasteiger partial charge in [0.05, 0.1) is 12.7 Å². The minimum absolute atomic E-state index is 0.119. The van der Waals surface area contributed by atoms with Crippen molar-refractivity contribution in [3.05, 3.63) is 12.2 Å². The number of aliphatic hydroxyl groups excluding tert-OH is 1. The number of hydrogen-bond acceptors (Lipinski definition) is 2. The Balaban J connectivity index is 3.96. The van der Waals surface area contributed by atoms with Gasteiger partial charge in [0, 0.05) is 7.11 Å². The largest absolute Gasteiger partial charge is 0.392 e. The summed E-state index contributed by atoms with van der Waals surface area (Å²) in [5.41, 5.74) is 0.341. The molecule has 0 radical (unpaired) electrons. The zero-order valence-corrected chi connectivity index (χ0v) is 9.92. The van der Waals surface area contributed by atoms with Gasteiger partial charge in [-0.3, -0.25) is 0 Å². The van der Waals surface area contributed by atoms with Crippen molar-refractivity contribution < 1.29 is 9.84 Å². The molecule has 0 saturated carbocycles. The molecule has 0 aliphatic carbocycles. The molecule has 0 fully saturated rings. The molecule has 0 aromatic rings. The first-order valence-corrected chi connectivity index (χ1v) is 5.34. The summed E-state index contributed by atoms with van der Waals surface area (Å²) in [5, 5.41) is 8.60. The van der Waals surface area contributed by atoms with E-state index in [4.69, 9.17) is 9.84 Å². The molecule has 0 bridgehead atoms. The van der Waals surface area contributed by atoms with Crippen LogP contribution >= 0.6 is 0 Å². The predicted molar refractivity (Wildman–Crippen MR) is 60.3 cm³/mol. The average Bonchev–Trinajstić information content (AvgIpc) is 2.16. The molecule has 0 aliphatic rings. The lowest BCUT2D eigenvalue weighted by Crippen LogP contribution is -2.21. The van der Waals surface area contributed by atoms with Gasteiger partial charge in [-0.05, 0) is 18.3 Å². The third-order valence-electron chi connectivity index (χ3n) is 2.74. The second-order valence-electron chi connectivity index (χ2n) is 4.47. The first-order chi connectivity index (χ1) is 6.55. The van der Waals surface area contributed by atoms with Crippen molar-refractivity contribution in [2.45, 2.75) is 46.1 Å². The molecule has 2 nitrogen and oxygen atoms in total. The van der Waals surface area contributed by atoms with Crippen molar-refractivity contribution in [1.82, 2.24) is 0 Å². The van der Waals surface area contributed by atoms with Gasteiger partial charge in [0.2, 0.25) is 0 Å². The maximum atomic E-state index is 8.60. The topological polar surface area (TPSA) is 29.5 Å². The van der Waals surface area contributed by atoms with E-state index < -0.39 is 0 Å². The van der Waals surface area contributed by atoms with Gasteiger partial charge in [-0.25, -0.2) is 0 Å². The normalized spacial score (nSPS) is 14.9. The van der Waals surface area contributed by atoms with E-state index in [0.717, 1.165) is 19.3 Å². The molecule has 0 aromatic carbocycles. The molecule has 14 heavy (non-hydrogen) atoms. The van der Waals surface area contributed by atoms with Crippen LogP contribution < -0.4 is 0 Å². The molecule has 0 rings (SSSR count). The molecule has 0 heterocycles. The highest BCUT2D eigenvalue weighted by Crippen LogP contribution is 2.28. The Morgan fingerprint density at radius 3 is 2.43 bits per heavy atom. The summed E-state index contributed by atoms with van der Waals surface area (Å²) >= 11 is 0. The van der Waals surface area contributed by atoms with Crippen molar-refractivity contribution in [1.29, 1.82) is 0 Å². The van der Waals surface area contributed by atoms with Crippen molar-refractivity contribution in [3.63, 3.8) is 0 Å². The smallest absolute Gasteiger partial charge is 0.0612 e. The molecule has 0 saturated heterocycles. The highest BCUT2D eigenvalue weighted by molar-refractivity contribution is 4.85. The van der Waals surface area contributed by atoms with Crippen LogP contribution in [0, 0.1) is 5.41 Å². The van der Waals surface area contributed by atoms with Crippen molar-refractivity contribution in [3.8, 4) is 0 Å². The Labute approximate surface area is 88.0 Å². The molecule has 84 valence electrons. The van der Waals surface area contributed by atoms with Gasteiger partial charge >= 0.3 is 0 Å². The molecule has 0 amide bonds. The van der Waals surface area contributed by atoms with Gasteiger partial charge in [-0.15, -0.1) is 0 Å². The van der Waals surface area contributed by atoms with E-state index in [2.05, 4.69) is 20.8 Å². The second-order valence-corrected chi connectivity index (χ2v) is 4.47. The summed E-state index contributed by atoms with van der Waals surface area (Å²) in [5.74, 6) is 0. The van der Waals surface area contributed by atoms with Crippen LogP contribution in [0.4, 0.5) is 0 Å². The van der Waals surface area contributed by atoms with Crippen LogP contribution in [0.1, 0.15) is 40.0 Å². The maximum absolute atomic E-state index is 8.60. The van der Waals surface area contributed by atoms with Crippen LogP contribution in [0.5, 0.6) is 0 Å². The quantitative estimate of drug-likeness (QED) is 0.640. The summed E-state index contributed by atoms with van der Waals surface area (Å²) < 4.78 is 5.40. The van der Waals surface area contributed by atoms with Gasteiger partial charge < -0.3 is 9.84 Å². The number of ether oxygens (including phenoxy) is 1. The summed E-state index contributed by atoms with van der Waals surface area (Å²) in [4.78, 5) is 0. The summed E-state index contributed by atoms with van der Waals surface area (Å²) in [7, 11) is 1.75. The highest BCUT2D eigenvalue weighted by atomic mass is 16.5. The van der Waals surface area contributed by atoms with E-state index in [-0.39, 0.29) is 12.7 Å². The number of hydrogen-bond donors (Lipinski definition) is 1. The standard InChI is InChI=1S/C12H24O2/c1-5-12(2,3)10-11(14-4)8-6-7-9-13/h6-7,11,13H,5,8-10H2,1-4H3. The minimum Gasteiger partial charge on any atom is -0.392 e. The summed E-state index contributed by atoms with van der Waals surface area (Å²) in [6.45, 7) is 6.84. The van der Waals surface area contributed by atoms with Gasteiger partial charge in [-0.2, -0.15) is 0 Å². The van der Waals surface area contributed by atoms with Gasteiger partial charge in [-0.1, -0.05) is 39.3 Å². The molecule has 0 aliphatic heterocycles. The van der Waals surface area contributed by atoms with E-state index in [0.29, 0.717) is 5.41 Å². The van der Waals surface area contributed by atoms with E-state index >= 15 is 0 Å². The van der Waals surface area contributed by atoms with Crippen LogP contribution in [-0.2, 0) is 4.74 Å².